The van der Waals surface area contributed by atoms with Crippen molar-refractivity contribution in [3.8, 4) is 0 Å². The van der Waals surface area contributed by atoms with Crippen LogP contribution in [0.4, 0.5) is 0 Å². The molecule has 0 spiro atoms. The normalized spacial score (nSPS) is 15.6. The van der Waals surface area contributed by atoms with Gasteiger partial charge in [-0.15, -0.1) is 6.58 Å². The lowest BCUT2D eigenvalue weighted by Crippen LogP contribution is -2.29. The minimum Gasteiger partial charge on any atom is -0.460 e. The predicted octanol–water partition coefficient (Wildman–Crippen LogP) is 3.28. The molecule has 0 amide bonds. The SMILES string of the molecule is C=CCOC(C)COC(C)COC(C)COC(C)COC(C)COOCCOCCOC(=O)C(=C)C. The molecule has 0 aliphatic carbocycles. The summed E-state index contributed by atoms with van der Waals surface area (Å²) < 4.78 is 38.7. The van der Waals surface area contributed by atoms with Gasteiger partial charge in [0.1, 0.15) is 19.8 Å². The highest BCUT2D eigenvalue weighted by Gasteiger charge is 2.13. The molecule has 0 fully saturated rings. The van der Waals surface area contributed by atoms with E-state index in [1.165, 1.54) is 0 Å². The van der Waals surface area contributed by atoms with Crippen molar-refractivity contribution in [2.24, 2.45) is 0 Å². The Morgan fingerprint density at radius 3 is 1.58 bits per heavy atom. The van der Waals surface area contributed by atoms with Gasteiger partial charge in [0.15, 0.2) is 0 Å². The minimum absolute atomic E-state index is 0.0110. The Morgan fingerprint density at radius 1 is 0.667 bits per heavy atom. The lowest BCUT2D eigenvalue weighted by molar-refractivity contribution is -0.311. The van der Waals surface area contributed by atoms with E-state index in [0.717, 1.165) is 0 Å². The van der Waals surface area contributed by atoms with Crippen LogP contribution in [0.15, 0.2) is 24.8 Å². The molecule has 5 atom stereocenters. The van der Waals surface area contributed by atoms with Crippen molar-refractivity contribution in [1.82, 2.24) is 0 Å². The molecule has 0 saturated heterocycles. The average Bonchev–Trinajstić information content (AvgIpc) is 2.85. The Kier molecular flexibility index (Phi) is 21.9. The Morgan fingerprint density at radius 2 is 1.11 bits per heavy atom. The smallest absolute Gasteiger partial charge is 0.333 e. The van der Waals surface area contributed by atoms with Crippen LogP contribution < -0.4 is 0 Å². The molecule has 212 valence electrons. The van der Waals surface area contributed by atoms with E-state index in [4.69, 9.17) is 42.9 Å². The zero-order valence-corrected chi connectivity index (χ0v) is 23.0. The third-order valence-electron chi connectivity index (χ3n) is 4.47. The number of hydrogen-bond donors (Lipinski definition) is 0. The second-order valence-corrected chi connectivity index (χ2v) is 8.64. The van der Waals surface area contributed by atoms with Crippen molar-refractivity contribution in [2.75, 3.05) is 66.1 Å². The molecule has 0 aliphatic heterocycles. The maximum atomic E-state index is 11.2. The maximum Gasteiger partial charge on any atom is 0.333 e. The second-order valence-electron chi connectivity index (χ2n) is 8.64. The second kappa shape index (κ2) is 22.8. The number of carbonyl (C=O) groups is 1. The van der Waals surface area contributed by atoms with E-state index in [1.807, 2.05) is 34.6 Å². The van der Waals surface area contributed by atoms with Crippen molar-refractivity contribution >= 4 is 5.97 Å². The monoisotopic (exact) mass is 520 g/mol. The molecule has 10 heteroatoms. The van der Waals surface area contributed by atoms with E-state index in [1.54, 1.807) is 13.0 Å². The molecule has 0 heterocycles. The van der Waals surface area contributed by atoms with Crippen LogP contribution in [-0.2, 0) is 47.7 Å². The van der Waals surface area contributed by atoms with Crippen LogP contribution >= 0.6 is 0 Å². The Labute approximate surface area is 217 Å². The first-order chi connectivity index (χ1) is 17.1. The summed E-state index contributed by atoms with van der Waals surface area (Å²) in [4.78, 5) is 21.4. The Bertz CT molecular complexity index is 571. The van der Waals surface area contributed by atoms with Gasteiger partial charge >= 0.3 is 5.97 Å². The summed E-state index contributed by atoms with van der Waals surface area (Å²) >= 11 is 0. The lowest BCUT2D eigenvalue weighted by atomic mass is 10.3. The van der Waals surface area contributed by atoms with Crippen molar-refractivity contribution < 1.29 is 47.7 Å². The van der Waals surface area contributed by atoms with Crippen LogP contribution in [0, 0.1) is 0 Å². The van der Waals surface area contributed by atoms with Crippen molar-refractivity contribution in [3.63, 3.8) is 0 Å². The zero-order valence-electron chi connectivity index (χ0n) is 23.0. The number of esters is 1. The molecule has 0 radical (unpaired) electrons. The van der Waals surface area contributed by atoms with Crippen LogP contribution in [0.1, 0.15) is 41.5 Å². The molecule has 36 heavy (non-hydrogen) atoms. The van der Waals surface area contributed by atoms with Crippen LogP contribution in [-0.4, -0.2) is 103 Å². The van der Waals surface area contributed by atoms with Crippen LogP contribution in [0.25, 0.3) is 0 Å². The van der Waals surface area contributed by atoms with Gasteiger partial charge in [-0.2, -0.15) is 0 Å². The Balaban J connectivity index is 3.64. The van der Waals surface area contributed by atoms with Gasteiger partial charge in [0.2, 0.25) is 0 Å². The summed E-state index contributed by atoms with van der Waals surface area (Å²) in [5, 5.41) is 0. The summed E-state index contributed by atoms with van der Waals surface area (Å²) in [5.41, 5.74) is 0.357. The average molecular weight is 521 g/mol. The van der Waals surface area contributed by atoms with Gasteiger partial charge in [-0.25, -0.2) is 14.6 Å². The Hall–Kier alpha value is -1.37. The van der Waals surface area contributed by atoms with E-state index in [2.05, 4.69) is 13.2 Å². The third kappa shape index (κ3) is 21.9. The van der Waals surface area contributed by atoms with E-state index >= 15 is 0 Å². The molecular weight excluding hydrogens is 472 g/mol. The van der Waals surface area contributed by atoms with Crippen molar-refractivity contribution in [3.05, 3.63) is 24.8 Å². The summed E-state index contributed by atoms with van der Waals surface area (Å²) in [6.07, 6.45) is 1.37. The zero-order chi connectivity index (χ0) is 27.2. The fourth-order valence-electron chi connectivity index (χ4n) is 2.39. The maximum absolute atomic E-state index is 11.2. The minimum atomic E-state index is -0.429. The van der Waals surface area contributed by atoms with Gasteiger partial charge < -0.3 is 33.2 Å². The molecule has 0 aromatic rings. The number of ether oxygens (including phenoxy) is 7. The molecular formula is C26H48O10. The highest BCUT2D eigenvalue weighted by Crippen LogP contribution is 2.03. The molecule has 10 nitrogen and oxygen atoms in total. The van der Waals surface area contributed by atoms with Crippen LogP contribution in [0.5, 0.6) is 0 Å². The van der Waals surface area contributed by atoms with Gasteiger partial charge in [-0.05, 0) is 41.5 Å². The van der Waals surface area contributed by atoms with E-state index in [0.29, 0.717) is 45.2 Å². The highest BCUT2D eigenvalue weighted by molar-refractivity contribution is 5.86. The molecule has 0 aliphatic rings. The first-order valence-corrected chi connectivity index (χ1v) is 12.5. The van der Waals surface area contributed by atoms with E-state index in [-0.39, 0.29) is 56.9 Å². The number of rotatable bonds is 25. The van der Waals surface area contributed by atoms with Crippen molar-refractivity contribution in [2.45, 2.75) is 72.1 Å². The fourth-order valence-corrected chi connectivity index (χ4v) is 2.39. The largest absolute Gasteiger partial charge is 0.460 e. The molecule has 5 unspecified atom stereocenters. The molecule has 0 aromatic heterocycles. The first-order valence-electron chi connectivity index (χ1n) is 12.5. The topological polar surface area (TPSA) is 100 Å². The molecule has 0 bridgehead atoms. The van der Waals surface area contributed by atoms with Gasteiger partial charge in [-0.1, -0.05) is 12.7 Å². The molecule has 0 N–H and O–H groups in total. The van der Waals surface area contributed by atoms with Crippen LogP contribution in [0.2, 0.25) is 0 Å². The van der Waals surface area contributed by atoms with Crippen LogP contribution in [0.3, 0.4) is 0 Å². The summed E-state index contributed by atoms with van der Waals surface area (Å²) in [5.74, 6) is -0.429. The standard InChI is InChI=1S/C26H48O10/c1-9-10-29-21(4)15-31-22(5)16-32-23(6)17-33-24(7)18-34-25(8)19-36-35-14-12-28-11-13-30-26(27)20(2)3/h9,21-25H,1-2,10-19H2,3-8H3. The molecule has 0 rings (SSSR count). The number of carbonyl (C=O) groups excluding carboxylic acids is 1. The van der Waals surface area contributed by atoms with Gasteiger partial charge in [0.25, 0.3) is 0 Å². The van der Waals surface area contributed by atoms with Gasteiger partial charge in [-0.3, -0.25) is 0 Å². The lowest BCUT2D eigenvalue weighted by Gasteiger charge is -2.22. The predicted molar refractivity (Wildman–Crippen MR) is 136 cm³/mol. The summed E-state index contributed by atoms with van der Waals surface area (Å²) in [6.45, 7) is 22.1. The highest BCUT2D eigenvalue weighted by atomic mass is 17.2. The summed E-state index contributed by atoms with van der Waals surface area (Å²) in [6, 6.07) is 0. The molecule has 0 saturated carbocycles. The fraction of sp³-hybridized carbons (Fsp3) is 0.808. The summed E-state index contributed by atoms with van der Waals surface area (Å²) in [7, 11) is 0. The van der Waals surface area contributed by atoms with Gasteiger partial charge in [0.05, 0.1) is 76.8 Å². The van der Waals surface area contributed by atoms with Crippen molar-refractivity contribution in [1.29, 1.82) is 0 Å². The first kappa shape index (κ1) is 34.6. The van der Waals surface area contributed by atoms with E-state index in [9.17, 15) is 4.79 Å². The van der Waals surface area contributed by atoms with Gasteiger partial charge in [0, 0.05) is 5.57 Å². The quantitative estimate of drug-likeness (QED) is 0.0445. The molecule has 0 aromatic carbocycles. The van der Waals surface area contributed by atoms with E-state index < -0.39 is 5.97 Å². The third-order valence-corrected chi connectivity index (χ3v) is 4.47. The number of hydrogen-bond acceptors (Lipinski definition) is 10.